The van der Waals surface area contributed by atoms with Crippen molar-refractivity contribution >= 4 is 5.78 Å². The van der Waals surface area contributed by atoms with E-state index in [-0.39, 0.29) is 0 Å². The molecular formula is C13H23NO. The summed E-state index contributed by atoms with van der Waals surface area (Å²) in [5.74, 6) is 0.314. The molecule has 0 bridgehead atoms. The molecule has 2 heteroatoms. The predicted octanol–water partition coefficient (Wildman–Crippen LogP) is 2.79. The number of carbonyl (C=O) groups excluding carboxylic acids is 1. The molecule has 0 aliphatic carbocycles. The van der Waals surface area contributed by atoms with Crippen molar-refractivity contribution in [3.8, 4) is 0 Å². The minimum Gasteiger partial charge on any atom is -0.300 e. The smallest absolute Gasteiger partial charge is 0.131 e. The van der Waals surface area contributed by atoms with E-state index in [0.29, 0.717) is 18.2 Å². The van der Waals surface area contributed by atoms with Crippen LogP contribution in [-0.4, -0.2) is 29.8 Å². The molecule has 1 atom stereocenters. The van der Waals surface area contributed by atoms with Gasteiger partial charge in [-0.05, 0) is 33.2 Å². The van der Waals surface area contributed by atoms with Gasteiger partial charge in [0.05, 0.1) is 0 Å². The summed E-state index contributed by atoms with van der Waals surface area (Å²) in [4.78, 5) is 13.6. The zero-order valence-corrected chi connectivity index (χ0v) is 10.1. The second-order valence-electron chi connectivity index (χ2n) is 4.84. The van der Waals surface area contributed by atoms with Gasteiger partial charge in [0.25, 0.3) is 0 Å². The molecule has 1 unspecified atom stereocenters. The van der Waals surface area contributed by atoms with Gasteiger partial charge in [0.15, 0.2) is 0 Å². The quantitative estimate of drug-likeness (QED) is 0.664. The molecule has 2 nitrogen and oxygen atoms in total. The number of rotatable bonds is 4. The number of hydrogen-bond acceptors (Lipinski definition) is 2. The minimum absolute atomic E-state index is 0.314. The van der Waals surface area contributed by atoms with Crippen LogP contribution in [-0.2, 0) is 4.79 Å². The Hall–Kier alpha value is -0.630. The fourth-order valence-electron chi connectivity index (χ4n) is 2.35. The van der Waals surface area contributed by atoms with Crippen molar-refractivity contribution in [1.82, 2.24) is 4.90 Å². The molecule has 0 aromatic heterocycles. The lowest BCUT2D eigenvalue weighted by atomic mass is 10.0. The maximum Gasteiger partial charge on any atom is 0.131 e. The Labute approximate surface area is 93.3 Å². The Bertz CT molecular complexity index is 211. The fourth-order valence-corrected chi connectivity index (χ4v) is 2.35. The van der Waals surface area contributed by atoms with E-state index in [2.05, 4.69) is 18.4 Å². The van der Waals surface area contributed by atoms with Gasteiger partial charge >= 0.3 is 0 Å². The van der Waals surface area contributed by atoms with E-state index < -0.39 is 0 Å². The third-order valence-electron chi connectivity index (χ3n) is 3.00. The lowest BCUT2D eigenvalue weighted by Gasteiger charge is -2.29. The second kappa shape index (κ2) is 6.06. The molecule has 0 amide bonds. The number of nitrogens with zero attached hydrogens (tertiary/aromatic N) is 1. The first-order valence-electron chi connectivity index (χ1n) is 5.97. The van der Waals surface area contributed by atoms with Crippen LogP contribution in [0.1, 0.15) is 46.0 Å². The van der Waals surface area contributed by atoms with Gasteiger partial charge in [-0.1, -0.05) is 25.0 Å². The molecule has 1 heterocycles. The summed E-state index contributed by atoms with van der Waals surface area (Å²) in [5, 5.41) is 0. The zero-order chi connectivity index (χ0) is 11.3. The molecule has 0 spiro atoms. The van der Waals surface area contributed by atoms with Crippen molar-refractivity contribution < 1.29 is 4.79 Å². The van der Waals surface area contributed by atoms with Crippen LogP contribution in [0.3, 0.4) is 0 Å². The van der Waals surface area contributed by atoms with E-state index >= 15 is 0 Å². The highest BCUT2D eigenvalue weighted by atomic mass is 16.1. The first kappa shape index (κ1) is 12.4. The predicted molar refractivity (Wildman–Crippen MR) is 63.9 cm³/mol. The summed E-state index contributed by atoms with van der Waals surface area (Å²) in [6.45, 7) is 9.82. The van der Waals surface area contributed by atoms with Gasteiger partial charge in [0.1, 0.15) is 5.78 Å². The summed E-state index contributed by atoms with van der Waals surface area (Å²) < 4.78 is 0. The topological polar surface area (TPSA) is 20.3 Å². The Morgan fingerprint density at radius 1 is 1.33 bits per heavy atom. The number of likely N-dealkylation sites (tertiary alicyclic amines) is 1. The van der Waals surface area contributed by atoms with Crippen molar-refractivity contribution in [3.63, 3.8) is 0 Å². The summed E-state index contributed by atoms with van der Waals surface area (Å²) in [7, 11) is 0. The first-order valence-corrected chi connectivity index (χ1v) is 5.97. The molecule has 0 saturated carbocycles. The third kappa shape index (κ3) is 4.61. The highest BCUT2D eigenvalue weighted by Gasteiger charge is 2.21. The van der Waals surface area contributed by atoms with Crippen LogP contribution in [0, 0.1) is 0 Å². The monoisotopic (exact) mass is 209 g/mol. The highest BCUT2D eigenvalue weighted by Crippen LogP contribution is 2.20. The normalized spacial score (nSPS) is 23.5. The average molecular weight is 209 g/mol. The molecule has 0 aromatic rings. The van der Waals surface area contributed by atoms with Crippen LogP contribution in [0.2, 0.25) is 0 Å². The van der Waals surface area contributed by atoms with Crippen LogP contribution in [0.5, 0.6) is 0 Å². The summed E-state index contributed by atoms with van der Waals surface area (Å²) in [5.41, 5.74) is 1.20. The molecule has 1 rings (SSSR count). The SMILES string of the molecule is C=C(C)CN1CCCCCC1CC(C)=O. The van der Waals surface area contributed by atoms with Crippen molar-refractivity contribution in [1.29, 1.82) is 0 Å². The molecule has 1 saturated heterocycles. The van der Waals surface area contributed by atoms with Gasteiger partial charge in [0.2, 0.25) is 0 Å². The minimum atomic E-state index is 0.314. The van der Waals surface area contributed by atoms with Gasteiger partial charge in [-0.2, -0.15) is 0 Å². The Morgan fingerprint density at radius 2 is 2.07 bits per heavy atom. The van der Waals surface area contributed by atoms with Crippen LogP contribution >= 0.6 is 0 Å². The van der Waals surface area contributed by atoms with E-state index in [1.807, 2.05) is 0 Å². The van der Waals surface area contributed by atoms with E-state index in [1.165, 1.54) is 31.3 Å². The van der Waals surface area contributed by atoms with Crippen molar-refractivity contribution in [3.05, 3.63) is 12.2 Å². The van der Waals surface area contributed by atoms with Crippen LogP contribution in [0.4, 0.5) is 0 Å². The maximum absolute atomic E-state index is 11.2. The largest absolute Gasteiger partial charge is 0.300 e. The van der Waals surface area contributed by atoms with E-state index in [9.17, 15) is 4.79 Å². The van der Waals surface area contributed by atoms with Gasteiger partial charge in [0, 0.05) is 19.0 Å². The molecule has 1 fully saturated rings. The Balaban J connectivity index is 2.58. The van der Waals surface area contributed by atoms with Gasteiger partial charge in [-0.15, -0.1) is 0 Å². The summed E-state index contributed by atoms with van der Waals surface area (Å²) in [6, 6.07) is 0.460. The number of carbonyl (C=O) groups is 1. The summed E-state index contributed by atoms with van der Waals surface area (Å²) >= 11 is 0. The molecule has 1 aliphatic heterocycles. The van der Waals surface area contributed by atoms with Crippen LogP contribution < -0.4 is 0 Å². The summed E-state index contributed by atoms with van der Waals surface area (Å²) in [6.07, 6.45) is 5.73. The molecule has 0 aromatic carbocycles. The van der Waals surface area contributed by atoms with E-state index in [0.717, 1.165) is 13.1 Å². The molecule has 0 radical (unpaired) electrons. The maximum atomic E-state index is 11.2. The lowest BCUT2D eigenvalue weighted by Crippen LogP contribution is -2.37. The number of Topliss-reactive ketones (excluding diaryl/α,β-unsaturated/α-hetero) is 1. The second-order valence-corrected chi connectivity index (χ2v) is 4.84. The fraction of sp³-hybridized carbons (Fsp3) is 0.769. The third-order valence-corrected chi connectivity index (χ3v) is 3.00. The Morgan fingerprint density at radius 3 is 2.67 bits per heavy atom. The van der Waals surface area contributed by atoms with Gasteiger partial charge in [-0.25, -0.2) is 0 Å². The van der Waals surface area contributed by atoms with Crippen LogP contribution in [0.25, 0.3) is 0 Å². The standard InChI is InChI=1S/C13H23NO/c1-11(2)10-14-8-6-4-5-7-13(14)9-12(3)15/h13H,1,4-10H2,2-3H3. The van der Waals surface area contributed by atoms with E-state index in [1.54, 1.807) is 6.92 Å². The van der Waals surface area contributed by atoms with Gasteiger partial charge in [-0.3, -0.25) is 9.69 Å². The molecule has 0 N–H and O–H groups in total. The number of hydrogen-bond donors (Lipinski definition) is 0. The van der Waals surface area contributed by atoms with Crippen molar-refractivity contribution in [2.24, 2.45) is 0 Å². The molecule has 1 aliphatic rings. The lowest BCUT2D eigenvalue weighted by molar-refractivity contribution is -0.118. The van der Waals surface area contributed by atoms with Crippen molar-refractivity contribution in [2.45, 2.75) is 52.0 Å². The van der Waals surface area contributed by atoms with Crippen LogP contribution in [0.15, 0.2) is 12.2 Å². The average Bonchev–Trinajstić information content (AvgIpc) is 2.30. The molecular weight excluding hydrogens is 186 g/mol. The first-order chi connectivity index (χ1) is 7.09. The molecule has 86 valence electrons. The zero-order valence-electron chi connectivity index (χ0n) is 10.1. The number of ketones is 1. The molecule has 15 heavy (non-hydrogen) atoms. The van der Waals surface area contributed by atoms with Crippen molar-refractivity contribution in [2.75, 3.05) is 13.1 Å². The highest BCUT2D eigenvalue weighted by molar-refractivity contribution is 5.76. The Kier molecular flexibility index (Phi) is 5.03. The van der Waals surface area contributed by atoms with E-state index in [4.69, 9.17) is 0 Å². The van der Waals surface area contributed by atoms with Gasteiger partial charge < -0.3 is 0 Å².